The molecule has 128 valence electrons. The number of hydrogen-bond acceptors (Lipinski definition) is 8. The Morgan fingerprint density at radius 2 is 2.29 bits per heavy atom. The molecule has 0 spiro atoms. The Kier molecular flexibility index (Phi) is 5.31. The monoisotopic (exact) mass is 347 g/mol. The van der Waals surface area contributed by atoms with Gasteiger partial charge in [0.15, 0.2) is 5.82 Å². The first-order valence-corrected chi connectivity index (χ1v) is 8.81. The first-order valence-electron chi connectivity index (χ1n) is 7.93. The van der Waals surface area contributed by atoms with Crippen LogP contribution in [0.3, 0.4) is 0 Å². The van der Waals surface area contributed by atoms with Gasteiger partial charge in [0, 0.05) is 19.1 Å². The second-order valence-electron chi connectivity index (χ2n) is 5.98. The lowest BCUT2D eigenvalue weighted by molar-refractivity contribution is -0.117. The molecule has 8 nitrogen and oxygen atoms in total. The second-order valence-corrected chi connectivity index (χ2v) is 6.82. The average Bonchev–Trinajstić information content (AvgIpc) is 3.08. The molecule has 0 radical (unpaired) electrons. The summed E-state index contributed by atoms with van der Waals surface area (Å²) in [4.78, 5) is 16.4. The van der Waals surface area contributed by atoms with E-state index in [2.05, 4.69) is 35.5 Å². The van der Waals surface area contributed by atoms with Crippen LogP contribution in [0.25, 0.3) is 0 Å². The summed E-state index contributed by atoms with van der Waals surface area (Å²) >= 11 is 1.32. The SMILES string of the molecule is Cc1ccc(N2CCCC(N(C)CC(=O)Nc3nncs3)C2)nn1. The van der Waals surface area contributed by atoms with Crippen LogP contribution in [0.15, 0.2) is 17.6 Å². The fraction of sp³-hybridized carbons (Fsp3) is 0.533. The molecule has 9 heteroatoms. The van der Waals surface area contributed by atoms with Crippen LogP contribution in [0.4, 0.5) is 10.9 Å². The van der Waals surface area contributed by atoms with Gasteiger partial charge in [-0.05, 0) is 38.9 Å². The third-order valence-electron chi connectivity index (χ3n) is 4.13. The Morgan fingerprint density at radius 1 is 1.42 bits per heavy atom. The summed E-state index contributed by atoms with van der Waals surface area (Å²) in [5.41, 5.74) is 2.51. The number of amides is 1. The van der Waals surface area contributed by atoms with Crippen molar-refractivity contribution in [3.63, 3.8) is 0 Å². The zero-order valence-electron chi connectivity index (χ0n) is 13.8. The molecule has 1 amide bonds. The number of nitrogens with zero attached hydrogens (tertiary/aromatic N) is 6. The number of aryl methyl sites for hydroxylation is 1. The third kappa shape index (κ3) is 4.24. The van der Waals surface area contributed by atoms with Gasteiger partial charge in [-0.15, -0.1) is 15.3 Å². The number of piperidine rings is 1. The summed E-state index contributed by atoms with van der Waals surface area (Å²) in [7, 11) is 1.98. The predicted octanol–water partition coefficient (Wildman–Crippen LogP) is 1.18. The fourth-order valence-electron chi connectivity index (χ4n) is 2.83. The van der Waals surface area contributed by atoms with Gasteiger partial charge in [0.25, 0.3) is 0 Å². The largest absolute Gasteiger partial charge is 0.354 e. The van der Waals surface area contributed by atoms with Gasteiger partial charge in [-0.1, -0.05) is 11.3 Å². The molecule has 1 aliphatic rings. The summed E-state index contributed by atoms with van der Waals surface area (Å²) in [5.74, 6) is 0.832. The summed E-state index contributed by atoms with van der Waals surface area (Å²) in [6.45, 7) is 4.08. The normalized spacial score (nSPS) is 18.0. The number of rotatable bonds is 5. The summed E-state index contributed by atoms with van der Waals surface area (Å²) in [5, 5.41) is 19.3. The van der Waals surface area contributed by atoms with E-state index in [-0.39, 0.29) is 5.91 Å². The van der Waals surface area contributed by atoms with Gasteiger partial charge in [-0.25, -0.2) is 0 Å². The van der Waals surface area contributed by atoms with Gasteiger partial charge in [0.1, 0.15) is 5.51 Å². The fourth-order valence-corrected chi connectivity index (χ4v) is 3.29. The van der Waals surface area contributed by atoms with Crippen LogP contribution in [0.5, 0.6) is 0 Å². The van der Waals surface area contributed by atoms with Gasteiger partial charge in [-0.3, -0.25) is 15.0 Å². The first-order chi connectivity index (χ1) is 11.6. The Hall–Kier alpha value is -2.13. The summed E-state index contributed by atoms with van der Waals surface area (Å²) < 4.78 is 0. The molecule has 1 atom stereocenters. The molecular weight excluding hydrogens is 326 g/mol. The van der Waals surface area contributed by atoms with Crippen LogP contribution in [0, 0.1) is 6.92 Å². The molecule has 1 unspecified atom stereocenters. The molecule has 0 aromatic carbocycles. The molecule has 2 aromatic rings. The van der Waals surface area contributed by atoms with Gasteiger partial charge in [-0.2, -0.15) is 5.10 Å². The number of hydrogen-bond donors (Lipinski definition) is 1. The van der Waals surface area contributed by atoms with Gasteiger partial charge >= 0.3 is 0 Å². The summed E-state index contributed by atoms with van der Waals surface area (Å²) in [6.07, 6.45) is 2.14. The van der Waals surface area contributed by atoms with Crippen molar-refractivity contribution in [2.75, 3.05) is 36.9 Å². The molecular formula is C15H21N7OS. The third-order valence-corrected chi connectivity index (χ3v) is 4.73. The predicted molar refractivity (Wildman–Crippen MR) is 93.2 cm³/mol. The quantitative estimate of drug-likeness (QED) is 0.869. The van der Waals surface area contributed by atoms with E-state index in [1.807, 2.05) is 26.1 Å². The first kappa shape index (κ1) is 16.7. The standard InChI is InChI=1S/C15H21N7OS/c1-11-5-6-13(19-18-11)22-7-3-4-12(8-22)21(2)9-14(23)17-15-20-16-10-24-15/h5-6,10,12H,3-4,7-9H2,1-2H3,(H,17,20,23). The number of anilines is 2. The molecule has 3 heterocycles. The minimum absolute atomic E-state index is 0.0681. The van der Waals surface area contributed by atoms with Crippen molar-refractivity contribution < 1.29 is 4.79 Å². The molecule has 24 heavy (non-hydrogen) atoms. The number of carbonyl (C=O) groups excluding carboxylic acids is 1. The van der Waals surface area contributed by atoms with Gasteiger partial charge in [0.2, 0.25) is 11.0 Å². The smallest absolute Gasteiger partial charge is 0.240 e. The highest BCUT2D eigenvalue weighted by molar-refractivity contribution is 7.13. The van der Waals surface area contributed by atoms with Crippen LogP contribution < -0.4 is 10.2 Å². The average molecular weight is 347 g/mol. The minimum atomic E-state index is -0.0681. The van der Waals surface area contributed by atoms with E-state index < -0.39 is 0 Å². The molecule has 2 aromatic heterocycles. The van der Waals surface area contributed by atoms with E-state index in [1.165, 1.54) is 11.3 Å². The van der Waals surface area contributed by atoms with Crippen molar-refractivity contribution in [1.82, 2.24) is 25.3 Å². The molecule has 1 saturated heterocycles. The van der Waals surface area contributed by atoms with Crippen molar-refractivity contribution >= 4 is 28.2 Å². The molecule has 1 fully saturated rings. The molecule has 0 saturated carbocycles. The maximum absolute atomic E-state index is 12.1. The highest BCUT2D eigenvalue weighted by atomic mass is 32.1. The van der Waals surface area contributed by atoms with Crippen molar-refractivity contribution in [3.8, 4) is 0 Å². The van der Waals surface area contributed by atoms with Crippen LogP contribution in [-0.4, -0.2) is 63.9 Å². The Bertz CT molecular complexity index is 661. The van der Waals surface area contributed by atoms with Crippen molar-refractivity contribution in [2.24, 2.45) is 0 Å². The maximum atomic E-state index is 12.1. The topological polar surface area (TPSA) is 87.1 Å². The lowest BCUT2D eigenvalue weighted by atomic mass is 10.0. The molecule has 0 bridgehead atoms. The highest BCUT2D eigenvalue weighted by Gasteiger charge is 2.25. The highest BCUT2D eigenvalue weighted by Crippen LogP contribution is 2.20. The minimum Gasteiger partial charge on any atom is -0.354 e. The van der Waals surface area contributed by atoms with Crippen molar-refractivity contribution in [3.05, 3.63) is 23.3 Å². The van der Waals surface area contributed by atoms with Crippen molar-refractivity contribution in [2.45, 2.75) is 25.8 Å². The van der Waals surface area contributed by atoms with Crippen molar-refractivity contribution in [1.29, 1.82) is 0 Å². The van der Waals surface area contributed by atoms with E-state index in [0.29, 0.717) is 17.7 Å². The van der Waals surface area contributed by atoms with Crippen LogP contribution >= 0.6 is 11.3 Å². The van der Waals surface area contributed by atoms with Gasteiger partial charge in [0.05, 0.1) is 12.2 Å². The molecule has 0 aliphatic carbocycles. The van der Waals surface area contributed by atoms with E-state index in [0.717, 1.165) is 37.4 Å². The Balaban J connectivity index is 1.55. The lowest BCUT2D eigenvalue weighted by Crippen LogP contribution is -2.48. The lowest BCUT2D eigenvalue weighted by Gasteiger charge is -2.37. The van der Waals surface area contributed by atoms with Crippen LogP contribution in [0.1, 0.15) is 18.5 Å². The number of nitrogens with one attached hydrogen (secondary N) is 1. The van der Waals surface area contributed by atoms with Crippen LogP contribution in [-0.2, 0) is 4.79 Å². The molecule has 1 N–H and O–H groups in total. The number of aromatic nitrogens is 4. The van der Waals surface area contributed by atoms with E-state index >= 15 is 0 Å². The van der Waals surface area contributed by atoms with E-state index in [1.54, 1.807) is 5.51 Å². The van der Waals surface area contributed by atoms with E-state index in [4.69, 9.17) is 0 Å². The summed E-state index contributed by atoms with van der Waals surface area (Å²) in [6, 6.07) is 4.29. The van der Waals surface area contributed by atoms with Crippen LogP contribution in [0.2, 0.25) is 0 Å². The maximum Gasteiger partial charge on any atom is 0.240 e. The van der Waals surface area contributed by atoms with E-state index in [9.17, 15) is 4.79 Å². The molecule has 1 aliphatic heterocycles. The zero-order chi connectivity index (χ0) is 16.9. The Labute approximate surface area is 144 Å². The number of likely N-dealkylation sites (N-methyl/N-ethyl adjacent to an activating group) is 1. The zero-order valence-corrected chi connectivity index (χ0v) is 14.7. The van der Waals surface area contributed by atoms with Gasteiger partial charge < -0.3 is 4.90 Å². The molecule has 3 rings (SSSR count). The number of carbonyl (C=O) groups is 1. The second kappa shape index (κ2) is 7.63. The Morgan fingerprint density at radius 3 is 3.00 bits per heavy atom.